The maximum absolute atomic E-state index is 6.92. The smallest absolute Gasteiger partial charge is 0.143 e. The zero-order valence-corrected chi connectivity index (χ0v) is 28.4. The molecule has 0 bridgehead atoms. The van der Waals surface area contributed by atoms with Crippen molar-refractivity contribution in [2.24, 2.45) is 0 Å². The van der Waals surface area contributed by atoms with Crippen LogP contribution in [-0.4, -0.2) is 0 Å². The number of furan rings is 1. The molecule has 9 aromatic carbocycles. The van der Waals surface area contributed by atoms with Crippen LogP contribution in [0.5, 0.6) is 0 Å². The van der Waals surface area contributed by atoms with E-state index in [1.54, 1.807) is 0 Å². The summed E-state index contributed by atoms with van der Waals surface area (Å²) in [6.45, 7) is 0. The van der Waals surface area contributed by atoms with Crippen LogP contribution in [0, 0.1) is 0 Å². The summed E-state index contributed by atoms with van der Waals surface area (Å²) in [6, 6.07) is 71.5. The Morgan fingerprint density at radius 2 is 0.750 bits per heavy atom. The first-order chi connectivity index (χ1) is 25.8. The van der Waals surface area contributed by atoms with Crippen LogP contribution >= 0.6 is 0 Å². The number of hydrogen-bond acceptors (Lipinski definition) is 2. The molecule has 0 unspecified atom stereocenters. The minimum absolute atomic E-state index is 0.863. The van der Waals surface area contributed by atoms with Crippen LogP contribution in [0.3, 0.4) is 0 Å². The summed E-state index contributed by atoms with van der Waals surface area (Å²) in [6.07, 6.45) is 0. The van der Waals surface area contributed by atoms with Crippen molar-refractivity contribution < 1.29 is 4.42 Å². The highest BCUT2D eigenvalue weighted by Gasteiger charge is 2.26. The Balaban J connectivity index is 1.23. The third-order valence-electron chi connectivity index (χ3n) is 10.3. The molecule has 244 valence electrons. The van der Waals surface area contributed by atoms with Crippen LogP contribution in [-0.2, 0) is 0 Å². The standard InChI is InChI=1S/C50H33NO/c1-4-14-34(15-5-1)35-24-26-36(27-25-35)37-28-30-40(31-29-37)51(39-18-8-3-9-19-39)49-41(38-16-6-2-7-17-38)32-33-46-48(49)47-44-22-12-10-20-42(44)43-21-11-13-23-45(43)50(47)52-46/h1-33H. The highest BCUT2D eigenvalue weighted by atomic mass is 16.3. The molecule has 2 nitrogen and oxygen atoms in total. The lowest BCUT2D eigenvalue weighted by Crippen LogP contribution is -2.11. The third kappa shape index (κ3) is 4.96. The summed E-state index contributed by atoms with van der Waals surface area (Å²) in [5.74, 6) is 0. The minimum Gasteiger partial charge on any atom is -0.455 e. The molecular weight excluding hydrogens is 631 g/mol. The largest absolute Gasteiger partial charge is 0.455 e. The van der Waals surface area contributed by atoms with Crippen molar-refractivity contribution in [3.8, 4) is 33.4 Å². The molecular formula is C50H33NO. The second-order valence-electron chi connectivity index (χ2n) is 13.3. The second-order valence-corrected chi connectivity index (χ2v) is 13.3. The first-order valence-electron chi connectivity index (χ1n) is 17.8. The first-order valence-corrected chi connectivity index (χ1v) is 17.8. The summed E-state index contributed by atoms with van der Waals surface area (Å²) in [5, 5.41) is 6.95. The molecule has 0 radical (unpaired) electrons. The molecule has 0 saturated heterocycles. The van der Waals surface area contributed by atoms with Crippen LogP contribution < -0.4 is 4.90 Å². The van der Waals surface area contributed by atoms with E-state index in [-0.39, 0.29) is 0 Å². The van der Waals surface area contributed by atoms with Gasteiger partial charge in [-0.2, -0.15) is 0 Å². The van der Waals surface area contributed by atoms with Gasteiger partial charge in [-0.25, -0.2) is 0 Å². The van der Waals surface area contributed by atoms with E-state index in [0.29, 0.717) is 0 Å². The van der Waals surface area contributed by atoms with Crippen molar-refractivity contribution in [2.45, 2.75) is 0 Å². The van der Waals surface area contributed by atoms with E-state index < -0.39 is 0 Å². The highest BCUT2D eigenvalue weighted by Crippen LogP contribution is 2.51. The molecule has 0 saturated carbocycles. The number of hydrogen-bond donors (Lipinski definition) is 0. The van der Waals surface area contributed by atoms with Gasteiger partial charge < -0.3 is 9.32 Å². The van der Waals surface area contributed by atoms with Crippen molar-refractivity contribution in [3.05, 3.63) is 200 Å². The Morgan fingerprint density at radius 3 is 1.37 bits per heavy atom. The van der Waals surface area contributed by atoms with Gasteiger partial charge in [0, 0.05) is 27.7 Å². The number of fused-ring (bicyclic) bond motifs is 8. The van der Waals surface area contributed by atoms with Crippen molar-refractivity contribution in [2.75, 3.05) is 4.90 Å². The van der Waals surface area contributed by atoms with Crippen LogP contribution in [0.25, 0.3) is 76.9 Å². The maximum atomic E-state index is 6.92. The second kappa shape index (κ2) is 12.5. The van der Waals surface area contributed by atoms with Gasteiger partial charge in [0.25, 0.3) is 0 Å². The fourth-order valence-electron chi connectivity index (χ4n) is 7.83. The van der Waals surface area contributed by atoms with Crippen LogP contribution in [0.1, 0.15) is 0 Å². The Labute approximate surface area is 302 Å². The fourth-order valence-corrected chi connectivity index (χ4v) is 7.83. The van der Waals surface area contributed by atoms with Crippen molar-refractivity contribution >= 4 is 60.5 Å². The number of para-hydroxylation sites is 1. The zero-order chi connectivity index (χ0) is 34.4. The molecule has 0 amide bonds. The summed E-state index contributed by atoms with van der Waals surface area (Å²) in [7, 11) is 0. The molecule has 0 spiro atoms. The van der Waals surface area contributed by atoms with Gasteiger partial charge in [-0.3, -0.25) is 0 Å². The van der Waals surface area contributed by atoms with Crippen molar-refractivity contribution in [3.63, 3.8) is 0 Å². The summed E-state index contributed by atoms with van der Waals surface area (Å²) in [5.41, 5.74) is 12.1. The average Bonchev–Trinajstić information content (AvgIpc) is 3.63. The number of anilines is 3. The fraction of sp³-hybridized carbons (Fsp3) is 0. The molecule has 0 aliphatic carbocycles. The van der Waals surface area contributed by atoms with Gasteiger partial charge in [-0.15, -0.1) is 0 Å². The normalized spacial score (nSPS) is 11.5. The first kappa shape index (κ1) is 30.0. The van der Waals surface area contributed by atoms with Crippen LogP contribution in [0.2, 0.25) is 0 Å². The van der Waals surface area contributed by atoms with Gasteiger partial charge >= 0.3 is 0 Å². The predicted octanol–water partition coefficient (Wildman–Crippen LogP) is 14.4. The van der Waals surface area contributed by atoms with Gasteiger partial charge in [0.1, 0.15) is 11.2 Å². The van der Waals surface area contributed by atoms with Gasteiger partial charge in [-0.05, 0) is 80.4 Å². The zero-order valence-electron chi connectivity index (χ0n) is 28.4. The quantitative estimate of drug-likeness (QED) is 0.165. The van der Waals surface area contributed by atoms with E-state index in [4.69, 9.17) is 4.42 Å². The van der Waals surface area contributed by atoms with Gasteiger partial charge in [0.2, 0.25) is 0 Å². The SMILES string of the molecule is c1ccc(-c2ccc(-c3ccc(N(c4ccccc4)c4c(-c5ccccc5)ccc5oc6c7ccccc7c7ccccc7c6c45)cc3)cc2)cc1. The molecule has 10 aromatic rings. The number of benzene rings is 9. The molecule has 0 aliphatic rings. The van der Waals surface area contributed by atoms with E-state index in [1.165, 1.54) is 38.4 Å². The molecule has 0 atom stereocenters. The lowest BCUT2D eigenvalue weighted by molar-refractivity contribution is 0.673. The van der Waals surface area contributed by atoms with E-state index in [2.05, 4.69) is 205 Å². The van der Waals surface area contributed by atoms with E-state index in [9.17, 15) is 0 Å². The third-order valence-corrected chi connectivity index (χ3v) is 10.3. The molecule has 1 heterocycles. The highest BCUT2D eigenvalue weighted by molar-refractivity contribution is 6.33. The Hall–Kier alpha value is -6.90. The lowest BCUT2D eigenvalue weighted by atomic mass is 9.93. The summed E-state index contributed by atoms with van der Waals surface area (Å²) >= 11 is 0. The van der Waals surface area contributed by atoms with Gasteiger partial charge in [0.15, 0.2) is 0 Å². The molecule has 0 aliphatic heterocycles. The van der Waals surface area contributed by atoms with Crippen molar-refractivity contribution in [1.82, 2.24) is 0 Å². The molecule has 0 fully saturated rings. The van der Waals surface area contributed by atoms with E-state index >= 15 is 0 Å². The molecule has 10 rings (SSSR count). The topological polar surface area (TPSA) is 16.4 Å². The Bertz CT molecular complexity index is 2860. The predicted molar refractivity (Wildman–Crippen MR) is 220 cm³/mol. The Morgan fingerprint density at radius 1 is 0.308 bits per heavy atom. The maximum Gasteiger partial charge on any atom is 0.143 e. The van der Waals surface area contributed by atoms with E-state index in [0.717, 1.165) is 55.5 Å². The Kier molecular flexibility index (Phi) is 7.18. The van der Waals surface area contributed by atoms with Crippen LogP contribution in [0.4, 0.5) is 17.1 Å². The molecule has 1 aromatic heterocycles. The van der Waals surface area contributed by atoms with Crippen molar-refractivity contribution in [1.29, 1.82) is 0 Å². The molecule has 0 N–H and O–H groups in total. The van der Waals surface area contributed by atoms with Gasteiger partial charge in [0.05, 0.1) is 11.1 Å². The van der Waals surface area contributed by atoms with Gasteiger partial charge in [-0.1, -0.05) is 164 Å². The number of rotatable bonds is 6. The molecule has 52 heavy (non-hydrogen) atoms. The number of nitrogens with zero attached hydrogens (tertiary/aromatic N) is 1. The summed E-state index contributed by atoms with van der Waals surface area (Å²) < 4.78 is 6.92. The summed E-state index contributed by atoms with van der Waals surface area (Å²) in [4.78, 5) is 2.41. The van der Waals surface area contributed by atoms with E-state index in [1.807, 2.05) is 0 Å². The molecule has 2 heteroatoms. The monoisotopic (exact) mass is 663 g/mol. The minimum atomic E-state index is 0.863. The van der Waals surface area contributed by atoms with Crippen LogP contribution in [0.15, 0.2) is 205 Å². The lowest BCUT2D eigenvalue weighted by Gasteiger charge is -2.29. The average molecular weight is 664 g/mol.